The molecule has 1 amide bonds. The van der Waals surface area contributed by atoms with Crippen molar-refractivity contribution in [2.45, 2.75) is 44.8 Å². The van der Waals surface area contributed by atoms with Crippen LogP contribution in [0.4, 0.5) is 0 Å². The van der Waals surface area contributed by atoms with Crippen LogP contribution in [0.2, 0.25) is 0 Å². The van der Waals surface area contributed by atoms with Gasteiger partial charge in [-0.3, -0.25) is 4.79 Å². The summed E-state index contributed by atoms with van der Waals surface area (Å²) in [5, 5.41) is 3.06. The van der Waals surface area contributed by atoms with Crippen LogP contribution >= 0.6 is 0 Å². The molecule has 0 spiro atoms. The van der Waals surface area contributed by atoms with Crippen molar-refractivity contribution in [1.82, 2.24) is 5.32 Å². The summed E-state index contributed by atoms with van der Waals surface area (Å²) in [5.74, 6) is 0.910. The van der Waals surface area contributed by atoms with Crippen LogP contribution in [0.1, 0.15) is 37.7 Å². The van der Waals surface area contributed by atoms with Gasteiger partial charge in [-0.1, -0.05) is 18.2 Å². The van der Waals surface area contributed by atoms with Crippen LogP contribution in [0.3, 0.4) is 0 Å². The third-order valence-electron chi connectivity index (χ3n) is 5.08. The SMILES string of the molecule is NCC1(C(=O)NCc2ccccc2OC2CCC2)CCOCC1. The first-order valence-electron chi connectivity index (χ1n) is 8.54. The predicted molar refractivity (Wildman–Crippen MR) is 88.1 cm³/mol. The highest BCUT2D eigenvalue weighted by molar-refractivity contribution is 5.83. The van der Waals surface area contributed by atoms with Gasteiger partial charge >= 0.3 is 0 Å². The van der Waals surface area contributed by atoms with E-state index >= 15 is 0 Å². The van der Waals surface area contributed by atoms with Crippen LogP contribution in [0, 0.1) is 5.41 Å². The normalized spacial score (nSPS) is 20.6. The lowest BCUT2D eigenvalue weighted by atomic mass is 9.79. The van der Waals surface area contributed by atoms with E-state index in [0.717, 1.165) is 24.2 Å². The average Bonchev–Trinajstić information content (AvgIpc) is 2.57. The Labute approximate surface area is 137 Å². The molecule has 0 bridgehead atoms. The maximum absolute atomic E-state index is 12.6. The topological polar surface area (TPSA) is 73.6 Å². The van der Waals surface area contributed by atoms with Crippen molar-refractivity contribution in [3.8, 4) is 5.75 Å². The number of hydrogen-bond acceptors (Lipinski definition) is 4. The second-order valence-electron chi connectivity index (χ2n) is 6.56. The van der Waals surface area contributed by atoms with Crippen LogP contribution in [0.15, 0.2) is 24.3 Å². The number of para-hydroxylation sites is 1. The summed E-state index contributed by atoms with van der Waals surface area (Å²) in [4.78, 5) is 12.6. The van der Waals surface area contributed by atoms with Crippen molar-refractivity contribution in [2.24, 2.45) is 11.1 Å². The van der Waals surface area contributed by atoms with Gasteiger partial charge in [0, 0.05) is 31.9 Å². The fourth-order valence-corrected chi connectivity index (χ4v) is 3.08. The molecule has 1 aliphatic carbocycles. The quantitative estimate of drug-likeness (QED) is 0.841. The Morgan fingerprint density at radius 1 is 1.30 bits per heavy atom. The molecule has 3 rings (SSSR count). The van der Waals surface area contributed by atoms with Crippen LogP contribution in [-0.4, -0.2) is 31.8 Å². The fraction of sp³-hybridized carbons (Fsp3) is 0.611. The number of ether oxygens (including phenoxy) is 2. The van der Waals surface area contributed by atoms with Gasteiger partial charge in [0.15, 0.2) is 0 Å². The first-order chi connectivity index (χ1) is 11.2. The molecule has 0 atom stereocenters. The number of hydrogen-bond donors (Lipinski definition) is 2. The number of amides is 1. The largest absolute Gasteiger partial charge is 0.490 e. The number of carbonyl (C=O) groups excluding carboxylic acids is 1. The van der Waals surface area contributed by atoms with E-state index in [2.05, 4.69) is 5.32 Å². The summed E-state index contributed by atoms with van der Waals surface area (Å²) in [6.45, 7) is 2.05. The maximum atomic E-state index is 12.6. The first-order valence-corrected chi connectivity index (χ1v) is 8.54. The molecular formula is C18H26N2O3. The minimum absolute atomic E-state index is 0.0294. The Bertz CT molecular complexity index is 537. The third-order valence-corrected chi connectivity index (χ3v) is 5.08. The highest BCUT2D eigenvalue weighted by atomic mass is 16.5. The number of nitrogens with one attached hydrogen (secondary N) is 1. The van der Waals surface area contributed by atoms with Gasteiger partial charge in [0.05, 0.1) is 11.5 Å². The molecular weight excluding hydrogens is 292 g/mol. The zero-order valence-electron chi connectivity index (χ0n) is 13.6. The van der Waals surface area contributed by atoms with Crippen molar-refractivity contribution in [3.63, 3.8) is 0 Å². The molecule has 0 aromatic heterocycles. The molecule has 23 heavy (non-hydrogen) atoms. The van der Waals surface area contributed by atoms with Crippen molar-refractivity contribution in [1.29, 1.82) is 0 Å². The molecule has 1 aromatic carbocycles. The average molecular weight is 318 g/mol. The van der Waals surface area contributed by atoms with Crippen molar-refractivity contribution < 1.29 is 14.3 Å². The highest BCUT2D eigenvalue weighted by Crippen LogP contribution is 2.30. The summed E-state index contributed by atoms with van der Waals surface area (Å²) in [5.41, 5.74) is 6.42. The monoisotopic (exact) mass is 318 g/mol. The summed E-state index contributed by atoms with van der Waals surface area (Å²) in [7, 11) is 0. The van der Waals surface area contributed by atoms with Gasteiger partial charge in [0.1, 0.15) is 5.75 Å². The lowest BCUT2D eigenvalue weighted by Gasteiger charge is -2.34. The zero-order chi connectivity index (χ0) is 16.1. The van der Waals surface area contributed by atoms with E-state index in [0.29, 0.717) is 45.2 Å². The molecule has 1 saturated heterocycles. The Hall–Kier alpha value is -1.59. The van der Waals surface area contributed by atoms with E-state index in [1.807, 2.05) is 24.3 Å². The Kier molecular flexibility index (Phi) is 5.18. The third kappa shape index (κ3) is 3.67. The second-order valence-corrected chi connectivity index (χ2v) is 6.56. The molecule has 2 fully saturated rings. The second kappa shape index (κ2) is 7.32. The summed E-state index contributed by atoms with van der Waals surface area (Å²) in [6.07, 6.45) is 5.20. The van der Waals surface area contributed by atoms with Gasteiger partial charge in [-0.05, 0) is 38.2 Å². The van der Waals surface area contributed by atoms with Gasteiger partial charge in [0.2, 0.25) is 5.91 Å². The first kappa shape index (κ1) is 16.3. The zero-order valence-corrected chi connectivity index (χ0v) is 13.6. The molecule has 5 nitrogen and oxygen atoms in total. The lowest BCUT2D eigenvalue weighted by molar-refractivity contribution is -0.136. The summed E-state index contributed by atoms with van der Waals surface area (Å²) >= 11 is 0. The molecule has 0 unspecified atom stereocenters. The summed E-state index contributed by atoms with van der Waals surface area (Å²) < 4.78 is 11.4. The van der Waals surface area contributed by atoms with Crippen LogP contribution in [0.25, 0.3) is 0 Å². The van der Waals surface area contributed by atoms with Crippen LogP contribution in [-0.2, 0) is 16.1 Å². The molecule has 0 radical (unpaired) electrons. The van der Waals surface area contributed by atoms with E-state index in [-0.39, 0.29) is 5.91 Å². The number of carbonyl (C=O) groups is 1. The Morgan fingerprint density at radius 2 is 2.04 bits per heavy atom. The molecule has 1 saturated carbocycles. The minimum atomic E-state index is -0.484. The Morgan fingerprint density at radius 3 is 2.70 bits per heavy atom. The van der Waals surface area contributed by atoms with Crippen LogP contribution in [0.5, 0.6) is 5.75 Å². The Balaban J connectivity index is 1.62. The van der Waals surface area contributed by atoms with Gasteiger partial charge in [-0.15, -0.1) is 0 Å². The van der Waals surface area contributed by atoms with E-state index in [1.165, 1.54) is 6.42 Å². The molecule has 1 aromatic rings. The highest BCUT2D eigenvalue weighted by Gasteiger charge is 2.38. The van der Waals surface area contributed by atoms with E-state index in [1.54, 1.807) is 0 Å². The number of rotatable bonds is 6. The fourth-order valence-electron chi connectivity index (χ4n) is 3.08. The molecule has 1 heterocycles. The van der Waals surface area contributed by atoms with Crippen molar-refractivity contribution >= 4 is 5.91 Å². The minimum Gasteiger partial charge on any atom is -0.490 e. The lowest BCUT2D eigenvalue weighted by Crippen LogP contribution is -2.49. The molecule has 126 valence electrons. The van der Waals surface area contributed by atoms with E-state index < -0.39 is 5.41 Å². The van der Waals surface area contributed by atoms with Crippen LogP contribution < -0.4 is 15.8 Å². The van der Waals surface area contributed by atoms with Gasteiger partial charge in [-0.2, -0.15) is 0 Å². The van der Waals surface area contributed by atoms with Crippen molar-refractivity contribution in [3.05, 3.63) is 29.8 Å². The molecule has 2 aliphatic rings. The predicted octanol–water partition coefficient (Wildman–Crippen LogP) is 1.99. The number of nitrogens with two attached hydrogens (primary N) is 1. The smallest absolute Gasteiger partial charge is 0.227 e. The molecule has 1 aliphatic heterocycles. The summed E-state index contributed by atoms with van der Waals surface area (Å²) in [6, 6.07) is 7.93. The standard InChI is InChI=1S/C18H26N2O3/c19-13-18(8-10-22-11-9-18)17(21)20-12-14-4-1-2-7-16(14)23-15-5-3-6-15/h1-2,4,7,15H,3,5-6,8-13,19H2,(H,20,21). The maximum Gasteiger partial charge on any atom is 0.227 e. The molecule has 5 heteroatoms. The van der Waals surface area contributed by atoms with Gasteiger partial charge in [-0.25, -0.2) is 0 Å². The van der Waals surface area contributed by atoms with Gasteiger partial charge < -0.3 is 20.5 Å². The molecule has 3 N–H and O–H groups in total. The van der Waals surface area contributed by atoms with E-state index in [9.17, 15) is 4.79 Å². The van der Waals surface area contributed by atoms with Gasteiger partial charge in [0.25, 0.3) is 0 Å². The van der Waals surface area contributed by atoms with Crippen molar-refractivity contribution in [2.75, 3.05) is 19.8 Å². The number of benzene rings is 1. The van der Waals surface area contributed by atoms with E-state index in [4.69, 9.17) is 15.2 Å².